The molecule has 0 unspecified atom stereocenters. The number of hydrogen-bond donors (Lipinski definition) is 1. The van der Waals surface area contributed by atoms with Crippen molar-refractivity contribution in [3.63, 3.8) is 0 Å². The first kappa shape index (κ1) is 12.1. The van der Waals surface area contributed by atoms with E-state index in [-0.39, 0.29) is 0 Å². The summed E-state index contributed by atoms with van der Waals surface area (Å²) in [6.45, 7) is 2.47. The summed E-state index contributed by atoms with van der Waals surface area (Å²) in [5.41, 5.74) is 0.890. The maximum Gasteiger partial charge on any atom is 0.163 e. The minimum Gasteiger partial charge on any atom is -0.365 e. The van der Waals surface area contributed by atoms with Crippen molar-refractivity contribution in [3.8, 4) is 0 Å². The van der Waals surface area contributed by atoms with E-state index in [1.807, 2.05) is 13.2 Å². The van der Waals surface area contributed by atoms with Crippen LogP contribution in [-0.4, -0.2) is 49.8 Å². The van der Waals surface area contributed by atoms with Crippen molar-refractivity contribution in [3.05, 3.63) is 12.5 Å². The van der Waals surface area contributed by atoms with E-state index in [9.17, 15) is 0 Å². The van der Waals surface area contributed by atoms with Crippen LogP contribution in [0.5, 0.6) is 0 Å². The highest BCUT2D eigenvalue weighted by atomic mass is 15.3. The van der Waals surface area contributed by atoms with Gasteiger partial charge in [0.25, 0.3) is 0 Å². The number of aryl methyl sites for hydroxylation is 1. The van der Waals surface area contributed by atoms with Gasteiger partial charge in [0.2, 0.25) is 0 Å². The Morgan fingerprint density at radius 3 is 3.10 bits per heavy atom. The SMILES string of the molecule is Cn1ncc2c(N[C@@H]3CCN4CCCC[C@@H]34)ncnc21. The summed E-state index contributed by atoms with van der Waals surface area (Å²) in [5, 5.41) is 8.94. The van der Waals surface area contributed by atoms with Crippen molar-refractivity contribution in [2.24, 2.45) is 7.05 Å². The molecule has 2 fully saturated rings. The number of piperidine rings is 1. The highest BCUT2D eigenvalue weighted by molar-refractivity contribution is 5.86. The molecule has 2 aliphatic rings. The van der Waals surface area contributed by atoms with Crippen molar-refractivity contribution in [1.82, 2.24) is 24.6 Å². The molecule has 0 radical (unpaired) electrons. The lowest BCUT2D eigenvalue weighted by Gasteiger charge is -2.32. The zero-order chi connectivity index (χ0) is 13.5. The predicted octanol–water partition coefficient (Wildman–Crippen LogP) is 1.40. The van der Waals surface area contributed by atoms with E-state index in [0.717, 1.165) is 16.9 Å². The van der Waals surface area contributed by atoms with E-state index in [1.165, 1.54) is 38.8 Å². The number of nitrogens with one attached hydrogen (secondary N) is 1. The Morgan fingerprint density at radius 2 is 2.15 bits per heavy atom. The van der Waals surface area contributed by atoms with Crippen LogP contribution < -0.4 is 5.32 Å². The normalized spacial score (nSPS) is 26.9. The summed E-state index contributed by atoms with van der Waals surface area (Å²) in [5.74, 6) is 0.931. The van der Waals surface area contributed by atoms with Crippen molar-refractivity contribution in [2.45, 2.75) is 37.8 Å². The molecule has 0 amide bonds. The number of anilines is 1. The maximum absolute atomic E-state index is 4.43. The van der Waals surface area contributed by atoms with Crippen LogP contribution in [-0.2, 0) is 7.05 Å². The van der Waals surface area contributed by atoms with Crippen LogP contribution in [0, 0.1) is 0 Å². The van der Waals surface area contributed by atoms with E-state index in [1.54, 1.807) is 11.0 Å². The van der Waals surface area contributed by atoms with Gasteiger partial charge in [-0.05, 0) is 25.8 Å². The molecule has 0 aromatic carbocycles. The van der Waals surface area contributed by atoms with E-state index in [4.69, 9.17) is 0 Å². The second kappa shape index (κ2) is 4.70. The molecule has 0 spiro atoms. The van der Waals surface area contributed by atoms with Crippen LogP contribution in [0.1, 0.15) is 25.7 Å². The van der Waals surface area contributed by atoms with Gasteiger partial charge in [0.15, 0.2) is 5.65 Å². The molecule has 0 aliphatic carbocycles. The molecule has 0 saturated carbocycles. The Hall–Kier alpha value is -1.69. The monoisotopic (exact) mass is 272 g/mol. The van der Waals surface area contributed by atoms with Crippen LogP contribution in [0.3, 0.4) is 0 Å². The van der Waals surface area contributed by atoms with Gasteiger partial charge in [-0.1, -0.05) is 6.42 Å². The summed E-state index contributed by atoms with van der Waals surface area (Å²) in [4.78, 5) is 11.4. The largest absolute Gasteiger partial charge is 0.365 e. The molecule has 2 aromatic rings. The highest BCUT2D eigenvalue weighted by Gasteiger charge is 2.35. The summed E-state index contributed by atoms with van der Waals surface area (Å²) >= 11 is 0. The second-order valence-electron chi connectivity index (χ2n) is 5.87. The lowest BCUT2D eigenvalue weighted by Crippen LogP contribution is -2.41. The molecule has 106 valence electrons. The molecule has 1 N–H and O–H groups in total. The standard InChI is InChI=1S/C14H20N6/c1-19-14-10(8-17-19)13(15-9-16-14)18-11-5-7-20-6-3-2-4-12(11)20/h8-9,11-12H,2-7H2,1H3,(H,15,16,18)/t11-,12+/m1/s1. The van der Waals surface area contributed by atoms with Crippen LogP contribution >= 0.6 is 0 Å². The Kier molecular flexibility index (Phi) is 2.84. The fourth-order valence-electron chi connectivity index (χ4n) is 3.67. The average Bonchev–Trinajstić information content (AvgIpc) is 3.05. The van der Waals surface area contributed by atoms with Crippen LogP contribution in [0.25, 0.3) is 11.0 Å². The van der Waals surface area contributed by atoms with E-state index in [0.29, 0.717) is 12.1 Å². The van der Waals surface area contributed by atoms with Gasteiger partial charge >= 0.3 is 0 Å². The Balaban J connectivity index is 1.61. The third-order valence-corrected chi connectivity index (χ3v) is 4.71. The average molecular weight is 272 g/mol. The molecular formula is C14H20N6. The molecule has 0 bridgehead atoms. The highest BCUT2D eigenvalue weighted by Crippen LogP contribution is 2.30. The summed E-state index contributed by atoms with van der Waals surface area (Å²) in [7, 11) is 1.91. The van der Waals surface area contributed by atoms with Crippen molar-refractivity contribution in [2.75, 3.05) is 18.4 Å². The van der Waals surface area contributed by atoms with Crippen LogP contribution in [0.2, 0.25) is 0 Å². The van der Waals surface area contributed by atoms with Crippen molar-refractivity contribution in [1.29, 1.82) is 0 Å². The zero-order valence-electron chi connectivity index (χ0n) is 11.8. The summed E-state index contributed by atoms with van der Waals surface area (Å²) in [6, 6.07) is 1.18. The van der Waals surface area contributed by atoms with E-state index >= 15 is 0 Å². The Morgan fingerprint density at radius 1 is 1.20 bits per heavy atom. The molecule has 2 saturated heterocycles. The van der Waals surface area contributed by atoms with Gasteiger partial charge < -0.3 is 5.32 Å². The minimum absolute atomic E-state index is 0.508. The van der Waals surface area contributed by atoms with Gasteiger partial charge in [-0.3, -0.25) is 9.58 Å². The second-order valence-corrected chi connectivity index (χ2v) is 5.87. The molecule has 2 aromatic heterocycles. The fraction of sp³-hybridized carbons (Fsp3) is 0.643. The van der Waals surface area contributed by atoms with Gasteiger partial charge in [-0.25, -0.2) is 9.97 Å². The lowest BCUT2D eigenvalue weighted by atomic mass is 9.99. The molecule has 6 nitrogen and oxygen atoms in total. The fourth-order valence-corrected chi connectivity index (χ4v) is 3.67. The topological polar surface area (TPSA) is 58.9 Å². The predicted molar refractivity (Wildman–Crippen MR) is 77.5 cm³/mol. The molecule has 2 atom stereocenters. The third kappa shape index (κ3) is 1.86. The molecule has 20 heavy (non-hydrogen) atoms. The van der Waals surface area contributed by atoms with Gasteiger partial charge in [0.05, 0.1) is 11.6 Å². The molecule has 2 aliphatic heterocycles. The number of rotatable bonds is 2. The molecular weight excluding hydrogens is 252 g/mol. The van der Waals surface area contributed by atoms with E-state index < -0.39 is 0 Å². The maximum atomic E-state index is 4.43. The van der Waals surface area contributed by atoms with Gasteiger partial charge in [0, 0.05) is 25.7 Å². The first-order valence-electron chi connectivity index (χ1n) is 7.46. The first-order chi connectivity index (χ1) is 9.83. The zero-order valence-corrected chi connectivity index (χ0v) is 11.8. The van der Waals surface area contributed by atoms with E-state index in [2.05, 4.69) is 25.3 Å². The third-order valence-electron chi connectivity index (χ3n) is 4.71. The number of fused-ring (bicyclic) bond motifs is 2. The summed E-state index contributed by atoms with van der Waals surface area (Å²) < 4.78 is 1.80. The Bertz CT molecular complexity index is 621. The number of aromatic nitrogens is 4. The quantitative estimate of drug-likeness (QED) is 0.895. The van der Waals surface area contributed by atoms with Gasteiger partial charge in [0.1, 0.15) is 12.1 Å². The molecule has 4 rings (SSSR count). The Labute approximate surface area is 118 Å². The number of nitrogens with zero attached hydrogens (tertiary/aromatic N) is 5. The van der Waals surface area contributed by atoms with Crippen molar-refractivity contribution >= 4 is 16.9 Å². The molecule has 6 heteroatoms. The van der Waals surface area contributed by atoms with Gasteiger partial charge in [-0.2, -0.15) is 5.10 Å². The minimum atomic E-state index is 0.508. The first-order valence-corrected chi connectivity index (χ1v) is 7.46. The van der Waals surface area contributed by atoms with Crippen LogP contribution in [0.15, 0.2) is 12.5 Å². The lowest BCUT2D eigenvalue weighted by molar-refractivity contribution is 0.192. The van der Waals surface area contributed by atoms with Crippen LogP contribution in [0.4, 0.5) is 5.82 Å². The van der Waals surface area contributed by atoms with Crippen molar-refractivity contribution < 1.29 is 0 Å². The molecule has 4 heterocycles. The van der Waals surface area contributed by atoms with Gasteiger partial charge in [-0.15, -0.1) is 0 Å². The summed E-state index contributed by atoms with van der Waals surface area (Å²) in [6.07, 6.45) is 8.69. The smallest absolute Gasteiger partial charge is 0.163 e. The number of hydrogen-bond acceptors (Lipinski definition) is 5.